The summed E-state index contributed by atoms with van der Waals surface area (Å²) in [5.41, 5.74) is 5.08. The van der Waals surface area contributed by atoms with E-state index in [1.807, 2.05) is 17.2 Å². The number of hydrogen-bond donors (Lipinski definition) is 1. The van der Waals surface area contributed by atoms with Crippen molar-refractivity contribution in [1.29, 1.82) is 0 Å². The second kappa shape index (κ2) is 10.2. The maximum absolute atomic E-state index is 13.0. The Morgan fingerprint density at radius 3 is 2.36 bits per heavy atom. The number of fused-ring (bicyclic) bond motifs is 1. The normalized spacial score (nSPS) is 18.7. The van der Waals surface area contributed by atoms with E-state index in [0.717, 1.165) is 65.0 Å². The monoisotopic (exact) mass is 443 g/mol. The fourth-order valence-electron chi connectivity index (χ4n) is 5.01. The van der Waals surface area contributed by atoms with Gasteiger partial charge in [0.05, 0.1) is 18.8 Å². The molecule has 1 saturated heterocycles. The summed E-state index contributed by atoms with van der Waals surface area (Å²) in [6.45, 7) is 5.27. The number of benzene rings is 2. The summed E-state index contributed by atoms with van der Waals surface area (Å²) >= 11 is 0. The Balaban J connectivity index is 1.14. The number of aromatic nitrogens is 2. The largest absolute Gasteiger partial charge is 0.331 e. The molecule has 2 heterocycles. The van der Waals surface area contributed by atoms with Crippen LogP contribution in [-0.2, 0) is 19.4 Å². The van der Waals surface area contributed by atoms with Crippen LogP contribution in [0.2, 0.25) is 0 Å². The van der Waals surface area contributed by atoms with Crippen molar-refractivity contribution in [3.05, 3.63) is 89.2 Å². The van der Waals surface area contributed by atoms with Gasteiger partial charge in [0, 0.05) is 44.0 Å². The molecule has 172 valence electrons. The third kappa shape index (κ3) is 5.28. The lowest BCUT2D eigenvalue weighted by molar-refractivity contribution is 0.137. The maximum Gasteiger partial charge on any atom is 0.317 e. The second-order valence-electron chi connectivity index (χ2n) is 9.15. The highest BCUT2D eigenvalue weighted by Crippen LogP contribution is 2.30. The SMILES string of the molecule is O=C(NC1CCCc2c1cnn2Cc1ccccc1)N1CCN(CCc2ccccc2)CC1. The summed E-state index contributed by atoms with van der Waals surface area (Å²) < 4.78 is 2.11. The number of carbonyl (C=O) groups is 1. The van der Waals surface area contributed by atoms with E-state index in [2.05, 4.69) is 74.6 Å². The van der Waals surface area contributed by atoms with Gasteiger partial charge in [-0.3, -0.25) is 9.58 Å². The van der Waals surface area contributed by atoms with Crippen LogP contribution in [-0.4, -0.2) is 58.3 Å². The zero-order chi connectivity index (χ0) is 22.5. The molecule has 2 amide bonds. The maximum atomic E-state index is 13.0. The van der Waals surface area contributed by atoms with Gasteiger partial charge in [0.25, 0.3) is 0 Å². The molecule has 6 nitrogen and oxygen atoms in total. The summed E-state index contributed by atoms with van der Waals surface area (Å²) in [4.78, 5) is 17.5. The van der Waals surface area contributed by atoms with E-state index in [0.29, 0.717) is 0 Å². The predicted molar refractivity (Wildman–Crippen MR) is 130 cm³/mol. The van der Waals surface area contributed by atoms with Gasteiger partial charge in [-0.25, -0.2) is 4.79 Å². The average Bonchev–Trinajstić information content (AvgIpc) is 3.28. The van der Waals surface area contributed by atoms with Gasteiger partial charge in [0.1, 0.15) is 0 Å². The third-order valence-corrected chi connectivity index (χ3v) is 6.95. The van der Waals surface area contributed by atoms with Crippen molar-refractivity contribution >= 4 is 6.03 Å². The van der Waals surface area contributed by atoms with Gasteiger partial charge >= 0.3 is 6.03 Å². The number of nitrogens with one attached hydrogen (secondary N) is 1. The molecule has 0 spiro atoms. The first-order chi connectivity index (χ1) is 16.3. The van der Waals surface area contributed by atoms with Crippen molar-refractivity contribution in [2.45, 2.75) is 38.3 Å². The molecular weight excluding hydrogens is 410 g/mol. The van der Waals surface area contributed by atoms with Crippen LogP contribution < -0.4 is 5.32 Å². The molecule has 1 atom stereocenters. The number of nitrogens with zero attached hydrogens (tertiary/aromatic N) is 4. The van der Waals surface area contributed by atoms with Crippen molar-refractivity contribution < 1.29 is 4.79 Å². The number of carbonyl (C=O) groups excluding carboxylic acids is 1. The number of rotatable bonds is 6. The lowest BCUT2D eigenvalue weighted by atomic mass is 9.93. The van der Waals surface area contributed by atoms with Crippen molar-refractivity contribution in [2.75, 3.05) is 32.7 Å². The Kier molecular flexibility index (Phi) is 6.72. The van der Waals surface area contributed by atoms with E-state index >= 15 is 0 Å². The van der Waals surface area contributed by atoms with Crippen molar-refractivity contribution in [3.8, 4) is 0 Å². The first-order valence-electron chi connectivity index (χ1n) is 12.2. The van der Waals surface area contributed by atoms with E-state index < -0.39 is 0 Å². The number of urea groups is 1. The molecule has 5 rings (SSSR count). The summed E-state index contributed by atoms with van der Waals surface area (Å²) in [7, 11) is 0. The van der Waals surface area contributed by atoms with Crippen LogP contribution >= 0.6 is 0 Å². The van der Waals surface area contributed by atoms with E-state index in [9.17, 15) is 4.79 Å². The first-order valence-corrected chi connectivity index (χ1v) is 12.2. The van der Waals surface area contributed by atoms with E-state index in [4.69, 9.17) is 0 Å². The molecule has 2 aliphatic rings. The summed E-state index contributed by atoms with van der Waals surface area (Å²) in [6, 6.07) is 21.2. The third-order valence-electron chi connectivity index (χ3n) is 6.95. The second-order valence-corrected chi connectivity index (χ2v) is 9.15. The molecule has 2 aromatic carbocycles. The number of piperazine rings is 1. The molecular formula is C27H33N5O. The molecule has 33 heavy (non-hydrogen) atoms. The van der Waals surface area contributed by atoms with Crippen LogP contribution in [0.15, 0.2) is 66.9 Å². The quantitative estimate of drug-likeness (QED) is 0.629. The fourth-order valence-corrected chi connectivity index (χ4v) is 5.01. The molecule has 1 unspecified atom stereocenters. The van der Waals surface area contributed by atoms with Gasteiger partial charge in [0.2, 0.25) is 0 Å². The van der Waals surface area contributed by atoms with Crippen molar-refractivity contribution in [2.24, 2.45) is 0 Å². The molecule has 0 radical (unpaired) electrons. The van der Waals surface area contributed by atoms with Crippen LogP contribution in [0.3, 0.4) is 0 Å². The van der Waals surface area contributed by atoms with Crippen LogP contribution in [0.25, 0.3) is 0 Å². The Morgan fingerprint density at radius 2 is 1.64 bits per heavy atom. The summed E-state index contributed by atoms with van der Waals surface area (Å²) in [5.74, 6) is 0. The molecule has 1 aliphatic heterocycles. The summed E-state index contributed by atoms with van der Waals surface area (Å²) in [5, 5.41) is 7.97. The lowest BCUT2D eigenvalue weighted by Crippen LogP contribution is -2.52. The average molecular weight is 444 g/mol. The summed E-state index contributed by atoms with van der Waals surface area (Å²) in [6.07, 6.45) is 6.10. The molecule has 1 aliphatic carbocycles. The topological polar surface area (TPSA) is 53.4 Å². The first kappa shape index (κ1) is 21.7. The van der Waals surface area contributed by atoms with Crippen LogP contribution in [0, 0.1) is 0 Å². The minimum Gasteiger partial charge on any atom is -0.331 e. The van der Waals surface area contributed by atoms with Crippen molar-refractivity contribution in [3.63, 3.8) is 0 Å². The Morgan fingerprint density at radius 1 is 0.939 bits per heavy atom. The van der Waals surface area contributed by atoms with E-state index in [1.165, 1.54) is 22.4 Å². The molecule has 6 heteroatoms. The number of hydrogen-bond acceptors (Lipinski definition) is 3. The smallest absolute Gasteiger partial charge is 0.317 e. The minimum absolute atomic E-state index is 0.0573. The van der Waals surface area contributed by atoms with Crippen LogP contribution in [0.1, 0.15) is 41.3 Å². The van der Waals surface area contributed by atoms with E-state index in [-0.39, 0.29) is 12.1 Å². The number of amides is 2. The zero-order valence-corrected chi connectivity index (χ0v) is 19.2. The molecule has 0 bridgehead atoms. The van der Waals surface area contributed by atoms with Gasteiger partial charge in [0.15, 0.2) is 0 Å². The van der Waals surface area contributed by atoms with Crippen molar-refractivity contribution in [1.82, 2.24) is 24.9 Å². The Hall–Kier alpha value is -3.12. The molecule has 1 fully saturated rings. The molecule has 1 aromatic heterocycles. The molecule has 3 aromatic rings. The Bertz CT molecular complexity index is 1040. The Labute approximate surface area is 196 Å². The van der Waals surface area contributed by atoms with Gasteiger partial charge in [-0.2, -0.15) is 5.10 Å². The van der Waals surface area contributed by atoms with Crippen LogP contribution in [0.5, 0.6) is 0 Å². The minimum atomic E-state index is 0.0573. The van der Waals surface area contributed by atoms with Gasteiger partial charge < -0.3 is 10.2 Å². The highest BCUT2D eigenvalue weighted by Gasteiger charge is 2.28. The predicted octanol–water partition coefficient (Wildman–Crippen LogP) is 3.88. The standard InChI is InChI=1S/C27H33N5O/c33-27(31-18-16-30(17-19-31)15-14-22-8-3-1-4-9-22)29-25-12-7-13-26-24(25)20-28-32(26)21-23-10-5-2-6-11-23/h1-6,8-11,20,25H,7,12-19,21H2,(H,29,33). The highest BCUT2D eigenvalue weighted by molar-refractivity contribution is 5.75. The zero-order valence-electron chi connectivity index (χ0n) is 19.2. The molecule has 1 N–H and O–H groups in total. The highest BCUT2D eigenvalue weighted by atomic mass is 16.2. The van der Waals surface area contributed by atoms with Gasteiger partial charge in [-0.1, -0.05) is 60.7 Å². The fraction of sp³-hybridized carbons (Fsp3) is 0.407. The van der Waals surface area contributed by atoms with E-state index in [1.54, 1.807) is 0 Å². The molecule has 0 saturated carbocycles. The van der Waals surface area contributed by atoms with Gasteiger partial charge in [-0.15, -0.1) is 0 Å². The lowest BCUT2D eigenvalue weighted by Gasteiger charge is -2.36. The van der Waals surface area contributed by atoms with Crippen LogP contribution in [0.4, 0.5) is 4.79 Å². The van der Waals surface area contributed by atoms with Gasteiger partial charge in [-0.05, 0) is 36.8 Å².